The molecule has 0 aliphatic carbocycles. The highest BCUT2D eigenvalue weighted by molar-refractivity contribution is 6.74. The first-order valence-corrected chi connectivity index (χ1v) is 16.3. The lowest BCUT2D eigenvalue weighted by Gasteiger charge is -2.40. The van der Waals surface area contributed by atoms with Crippen molar-refractivity contribution in [2.24, 2.45) is 5.92 Å². The van der Waals surface area contributed by atoms with Gasteiger partial charge in [0.1, 0.15) is 5.60 Å². The maximum absolute atomic E-state index is 9.73. The Balaban J connectivity index is 1.89. The normalized spacial score (nSPS) is 14.6. The molecule has 0 spiro atoms. The lowest BCUT2D eigenvalue weighted by Crippen LogP contribution is -2.45. The summed E-state index contributed by atoms with van der Waals surface area (Å²) in [7, 11) is -1.95. The zero-order chi connectivity index (χ0) is 26.9. The standard InChI is InChI=1S/C33H44O3Si/c1-27(31(24-25-34)36-37(5,6)32(2,3)4)17-16-26-35-33(28-18-10-7-11-19-28,29-20-12-8-13-21-29)30-22-14-9-15-23-30/h7-23,27,31,34H,24-26H2,1-6H3/b17-16+/t27-,31-/m0/s1. The molecule has 0 aliphatic heterocycles. The maximum atomic E-state index is 9.73. The van der Waals surface area contributed by atoms with Crippen LogP contribution in [0.5, 0.6) is 0 Å². The van der Waals surface area contributed by atoms with Crippen LogP contribution in [0.2, 0.25) is 18.1 Å². The Morgan fingerprint density at radius 3 is 1.59 bits per heavy atom. The van der Waals surface area contributed by atoms with E-state index in [0.29, 0.717) is 13.0 Å². The van der Waals surface area contributed by atoms with Crippen molar-refractivity contribution in [1.29, 1.82) is 0 Å². The van der Waals surface area contributed by atoms with Gasteiger partial charge in [-0.1, -0.05) is 131 Å². The van der Waals surface area contributed by atoms with E-state index in [1.165, 1.54) is 0 Å². The van der Waals surface area contributed by atoms with Gasteiger partial charge < -0.3 is 14.3 Å². The van der Waals surface area contributed by atoms with Gasteiger partial charge in [0.25, 0.3) is 0 Å². The monoisotopic (exact) mass is 516 g/mol. The van der Waals surface area contributed by atoms with E-state index in [4.69, 9.17) is 9.16 Å². The van der Waals surface area contributed by atoms with Crippen LogP contribution >= 0.6 is 0 Å². The average Bonchev–Trinajstić information content (AvgIpc) is 2.89. The number of benzene rings is 3. The zero-order valence-corrected chi connectivity index (χ0v) is 24.4. The van der Waals surface area contributed by atoms with E-state index in [0.717, 1.165) is 16.7 Å². The highest BCUT2D eigenvalue weighted by atomic mass is 28.4. The van der Waals surface area contributed by atoms with Gasteiger partial charge in [-0.2, -0.15) is 0 Å². The van der Waals surface area contributed by atoms with E-state index in [1.807, 2.05) is 18.2 Å². The van der Waals surface area contributed by atoms with Crippen LogP contribution in [0.3, 0.4) is 0 Å². The summed E-state index contributed by atoms with van der Waals surface area (Å²) < 4.78 is 13.6. The summed E-state index contributed by atoms with van der Waals surface area (Å²) in [6.45, 7) is 14.0. The Kier molecular flexibility index (Phi) is 10.1. The topological polar surface area (TPSA) is 38.7 Å². The molecule has 4 heteroatoms. The van der Waals surface area contributed by atoms with Crippen molar-refractivity contribution in [3.8, 4) is 0 Å². The first-order chi connectivity index (χ1) is 17.6. The van der Waals surface area contributed by atoms with Gasteiger partial charge >= 0.3 is 0 Å². The Labute approximate surface area is 225 Å². The van der Waals surface area contributed by atoms with Crippen LogP contribution in [0.25, 0.3) is 0 Å². The molecule has 0 aliphatic rings. The average molecular weight is 517 g/mol. The number of rotatable bonds is 12. The highest BCUT2D eigenvalue weighted by Gasteiger charge is 2.40. The second-order valence-electron chi connectivity index (χ2n) is 11.3. The number of ether oxygens (including phenoxy) is 1. The van der Waals surface area contributed by atoms with Gasteiger partial charge in [0.15, 0.2) is 8.32 Å². The van der Waals surface area contributed by atoms with Crippen molar-refractivity contribution in [2.45, 2.75) is 64.0 Å². The molecule has 0 amide bonds. The fraction of sp³-hybridized carbons (Fsp3) is 0.394. The third-order valence-corrected chi connectivity index (χ3v) is 12.1. The van der Waals surface area contributed by atoms with Crippen LogP contribution in [0.15, 0.2) is 103 Å². The minimum absolute atomic E-state index is 0.0238. The molecule has 198 valence electrons. The summed E-state index contributed by atoms with van der Waals surface area (Å²) in [6, 6.07) is 31.3. The minimum atomic E-state index is -1.95. The summed E-state index contributed by atoms with van der Waals surface area (Å²) in [4.78, 5) is 0. The van der Waals surface area contributed by atoms with Crippen LogP contribution in [-0.2, 0) is 14.8 Å². The molecule has 0 fully saturated rings. The molecule has 3 aromatic carbocycles. The molecular formula is C33H44O3Si. The van der Waals surface area contributed by atoms with E-state index in [-0.39, 0.29) is 23.7 Å². The van der Waals surface area contributed by atoms with Crippen molar-refractivity contribution >= 4 is 8.32 Å². The van der Waals surface area contributed by atoms with Crippen molar-refractivity contribution in [2.75, 3.05) is 13.2 Å². The van der Waals surface area contributed by atoms with Crippen LogP contribution < -0.4 is 0 Å². The molecule has 0 saturated carbocycles. The Morgan fingerprint density at radius 2 is 1.22 bits per heavy atom. The highest BCUT2D eigenvalue weighted by Crippen LogP contribution is 2.41. The predicted octanol–water partition coefficient (Wildman–Crippen LogP) is 7.96. The Morgan fingerprint density at radius 1 is 0.784 bits per heavy atom. The SMILES string of the molecule is C[C@@H](/C=C/COC(c1ccccc1)(c1ccccc1)c1ccccc1)[C@H](CCO)O[Si](C)(C)C(C)(C)C. The summed E-state index contributed by atoms with van der Waals surface area (Å²) in [5.41, 5.74) is 2.54. The van der Waals surface area contributed by atoms with Gasteiger partial charge in [-0.15, -0.1) is 0 Å². The number of aliphatic hydroxyl groups excluding tert-OH is 1. The van der Waals surface area contributed by atoms with Gasteiger partial charge in [-0.3, -0.25) is 0 Å². The van der Waals surface area contributed by atoms with E-state index >= 15 is 0 Å². The van der Waals surface area contributed by atoms with Crippen molar-refractivity contribution in [3.63, 3.8) is 0 Å². The maximum Gasteiger partial charge on any atom is 0.192 e. The van der Waals surface area contributed by atoms with E-state index in [9.17, 15) is 5.11 Å². The van der Waals surface area contributed by atoms with Crippen LogP contribution in [0, 0.1) is 5.92 Å². The molecule has 0 bridgehead atoms. The fourth-order valence-corrected chi connectivity index (χ4v) is 5.89. The number of aliphatic hydroxyl groups is 1. The zero-order valence-electron chi connectivity index (χ0n) is 23.4. The number of hydrogen-bond donors (Lipinski definition) is 1. The summed E-state index contributed by atoms with van der Waals surface area (Å²) >= 11 is 0. The van der Waals surface area contributed by atoms with Gasteiger partial charge in [-0.05, 0) is 47.2 Å². The van der Waals surface area contributed by atoms with Crippen LogP contribution in [0.1, 0.15) is 50.8 Å². The lowest BCUT2D eigenvalue weighted by atomic mass is 9.80. The van der Waals surface area contributed by atoms with E-state index < -0.39 is 13.9 Å². The molecule has 0 saturated heterocycles. The van der Waals surface area contributed by atoms with Crippen LogP contribution in [-0.4, -0.2) is 32.7 Å². The first-order valence-electron chi connectivity index (χ1n) is 13.4. The molecule has 37 heavy (non-hydrogen) atoms. The predicted molar refractivity (Wildman–Crippen MR) is 157 cm³/mol. The molecule has 0 unspecified atom stereocenters. The third kappa shape index (κ3) is 7.08. The van der Waals surface area contributed by atoms with Gasteiger partial charge in [0.05, 0.1) is 12.7 Å². The minimum Gasteiger partial charge on any atom is -0.413 e. The largest absolute Gasteiger partial charge is 0.413 e. The summed E-state index contributed by atoms with van der Waals surface area (Å²) in [6.07, 6.45) is 4.89. The Hall–Kier alpha value is -2.50. The second kappa shape index (κ2) is 12.8. The molecule has 2 atom stereocenters. The second-order valence-corrected chi connectivity index (χ2v) is 16.1. The smallest absolute Gasteiger partial charge is 0.192 e. The molecule has 0 aromatic heterocycles. The lowest BCUT2D eigenvalue weighted by molar-refractivity contribution is 0.0315. The van der Waals surface area contributed by atoms with Crippen molar-refractivity contribution < 1.29 is 14.3 Å². The third-order valence-electron chi connectivity index (χ3n) is 7.63. The fourth-order valence-electron chi connectivity index (χ4n) is 4.45. The van der Waals surface area contributed by atoms with Gasteiger partial charge in [0.2, 0.25) is 0 Å². The number of hydrogen-bond acceptors (Lipinski definition) is 3. The summed E-state index contributed by atoms with van der Waals surface area (Å²) in [5.74, 6) is 0.157. The van der Waals surface area contributed by atoms with E-state index in [1.54, 1.807) is 0 Å². The summed E-state index contributed by atoms with van der Waals surface area (Å²) in [5, 5.41) is 9.85. The molecule has 0 heterocycles. The molecule has 1 N–H and O–H groups in total. The van der Waals surface area contributed by atoms with E-state index in [2.05, 4.69) is 126 Å². The van der Waals surface area contributed by atoms with Crippen molar-refractivity contribution in [3.05, 3.63) is 120 Å². The molecule has 3 aromatic rings. The molecular weight excluding hydrogens is 472 g/mol. The molecule has 3 nitrogen and oxygen atoms in total. The Bertz CT molecular complexity index is 992. The van der Waals surface area contributed by atoms with Gasteiger partial charge in [0, 0.05) is 6.61 Å². The molecule has 0 radical (unpaired) electrons. The quantitative estimate of drug-likeness (QED) is 0.151. The van der Waals surface area contributed by atoms with Crippen molar-refractivity contribution in [1.82, 2.24) is 0 Å². The van der Waals surface area contributed by atoms with Gasteiger partial charge in [-0.25, -0.2) is 0 Å². The first kappa shape index (κ1) is 29.1. The molecule has 3 rings (SSSR count). The van der Waals surface area contributed by atoms with Crippen LogP contribution in [0.4, 0.5) is 0 Å².